The first-order chi connectivity index (χ1) is 15.9. The molecule has 0 saturated carbocycles. The first-order valence-corrected chi connectivity index (χ1v) is 11.0. The summed E-state index contributed by atoms with van der Waals surface area (Å²) in [5, 5.41) is 10.5. The minimum absolute atomic E-state index is 0.165. The summed E-state index contributed by atoms with van der Waals surface area (Å²) >= 11 is 5.89. The van der Waals surface area contributed by atoms with Crippen molar-refractivity contribution >= 4 is 45.7 Å². The van der Waals surface area contributed by atoms with Crippen LogP contribution in [0.15, 0.2) is 66.9 Å². The van der Waals surface area contributed by atoms with E-state index in [-0.39, 0.29) is 11.9 Å². The third-order valence-corrected chi connectivity index (χ3v) is 5.14. The van der Waals surface area contributed by atoms with Crippen LogP contribution in [-0.4, -0.2) is 36.5 Å². The van der Waals surface area contributed by atoms with Gasteiger partial charge in [-0.2, -0.15) is 0 Å². The van der Waals surface area contributed by atoms with Crippen molar-refractivity contribution in [2.24, 2.45) is 0 Å². The van der Waals surface area contributed by atoms with E-state index in [2.05, 4.69) is 27.9 Å². The van der Waals surface area contributed by atoms with E-state index in [9.17, 15) is 9.59 Å². The standard InChI is InChI=1S/C25H27ClN4O3/c1-17(29-22-16-21(33-2)14-18-7-5-13-28-25(18)22)6-4-12-27-23(31)10-11-24(32)30-20-9-3-8-19(26)15-20/h3,5,7-11,13-17,29H,4,6,12H2,1-2H3,(H,27,31)(H,30,32)/b11-10+. The Hall–Kier alpha value is -3.58. The van der Waals surface area contributed by atoms with Crippen molar-refractivity contribution in [3.8, 4) is 5.75 Å². The molecule has 1 heterocycles. The fourth-order valence-electron chi connectivity index (χ4n) is 3.31. The second-order valence-corrected chi connectivity index (χ2v) is 8.00. The predicted octanol–water partition coefficient (Wildman–Crippen LogP) is 4.79. The number of pyridine rings is 1. The van der Waals surface area contributed by atoms with Crippen LogP contribution in [0, 0.1) is 0 Å². The van der Waals surface area contributed by atoms with Crippen LogP contribution in [0.2, 0.25) is 5.02 Å². The molecule has 0 spiro atoms. The number of methoxy groups -OCH3 is 1. The second kappa shape index (κ2) is 11.9. The maximum absolute atomic E-state index is 12.0. The molecular weight excluding hydrogens is 440 g/mol. The van der Waals surface area contributed by atoms with Gasteiger partial charge in [0.05, 0.1) is 18.3 Å². The van der Waals surface area contributed by atoms with Gasteiger partial charge in [0.15, 0.2) is 0 Å². The summed E-state index contributed by atoms with van der Waals surface area (Å²) in [5.41, 5.74) is 2.37. The monoisotopic (exact) mass is 466 g/mol. The van der Waals surface area contributed by atoms with E-state index in [0.29, 0.717) is 17.3 Å². The Morgan fingerprint density at radius 3 is 2.73 bits per heavy atom. The quantitative estimate of drug-likeness (QED) is 0.295. The SMILES string of the molecule is COc1cc(NC(C)CCCNC(=O)/C=C/C(=O)Nc2cccc(Cl)c2)c2ncccc2c1. The summed E-state index contributed by atoms with van der Waals surface area (Å²) in [6, 6.07) is 14.8. The van der Waals surface area contributed by atoms with Crippen molar-refractivity contribution in [2.45, 2.75) is 25.8 Å². The smallest absolute Gasteiger partial charge is 0.248 e. The van der Waals surface area contributed by atoms with E-state index in [1.54, 1.807) is 37.6 Å². The molecular formula is C25H27ClN4O3. The fraction of sp³-hybridized carbons (Fsp3) is 0.240. The average Bonchev–Trinajstić information content (AvgIpc) is 2.80. The number of nitrogens with zero attached hydrogens (tertiary/aromatic N) is 1. The molecule has 0 aliphatic rings. The number of hydrogen-bond acceptors (Lipinski definition) is 5. The normalized spacial score (nSPS) is 11.8. The third kappa shape index (κ3) is 7.50. The summed E-state index contributed by atoms with van der Waals surface area (Å²) in [6.07, 6.45) is 5.79. The summed E-state index contributed by atoms with van der Waals surface area (Å²) in [7, 11) is 1.64. The summed E-state index contributed by atoms with van der Waals surface area (Å²) in [6.45, 7) is 2.58. The maximum atomic E-state index is 12.0. The number of carbonyl (C=O) groups excluding carboxylic acids is 2. The van der Waals surface area contributed by atoms with E-state index in [1.807, 2.05) is 24.3 Å². The number of aromatic nitrogens is 1. The molecule has 1 unspecified atom stereocenters. The molecule has 2 amide bonds. The van der Waals surface area contributed by atoms with Crippen LogP contribution in [0.3, 0.4) is 0 Å². The molecule has 0 bridgehead atoms. The van der Waals surface area contributed by atoms with Gasteiger partial charge >= 0.3 is 0 Å². The largest absolute Gasteiger partial charge is 0.497 e. The van der Waals surface area contributed by atoms with Gasteiger partial charge < -0.3 is 20.7 Å². The molecule has 0 fully saturated rings. The highest BCUT2D eigenvalue weighted by atomic mass is 35.5. The fourth-order valence-corrected chi connectivity index (χ4v) is 3.50. The van der Waals surface area contributed by atoms with Crippen LogP contribution in [0.1, 0.15) is 19.8 Å². The van der Waals surface area contributed by atoms with E-state index in [0.717, 1.165) is 35.2 Å². The average molecular weight is 467 g/mol. The number of anilines is 2. The van der Waals surface area contributed by atoms with E-state index >= 15 is 0 Å². The molecule has 7 nitrogen and oxygen atoms in total. The zero-order chi connectivity index (χ0) is 23.6. The molecule has 1 atom stereocenters. The summed E-state index contributed by atoms with van der Waals surface area (Å²) < 4.78 is 5.39. The number of carbonyl (C=O) groups is 2. The lowest BCUT2D eigenvalue weighted by atomic mass is 10.1. The molecule has 1 aromatic heterocycles. The van der Waals surface area contributed by atoms with Crippen LogP contribution < -0.4 is 20.7 Å². The first kappa shape index (κ1) is 24.1. The zero-order valence-electron chi connectivity index (χ0n) is 18.6. The van der Waals surface area contributed by atoms with Crippen LogP contribution in [0.4, 0.5) is 11.4 Å². The molecule has 3 rings (SSSR count). The lowest BCUT2D eigenvalue weighted by molar-refractivity contribution is -0.117. The van der Waals surface area contributed by atoms with Gasteiger partial charge in [0, 0.05) is 53.1 Å². The number of rotatable bonds is 10. The molecule has 0 aliphatic heterocycles. The lowest BCUT2D eigenvalue weighted by Crippen LogP contribution is -2.24. The van der Waals surface area contributed by atoms with E-state index in [4.69, 9.17) is 16.3 Å². The number of ether oxygens (including phenoxy) is 1. The van der Waals surface area contributed by atoms with Crippen molar-refractivity contribution in [3.63, 3.8) is 0 Å². The van der Waals surface area contributed by atoms with Gasteiger partial charge in [-0.3, -0.25) is 14.6 Å². The molecule has 8 heteroatoms. The van der Waals surface area contributed by atoms with Gasteiger partial charge in [0.1, 0.15) is 5.75 Å². The second-order valence-electron chi connectivity index (χ2n) is 7.56. The minimum Gasteiger partial charge on any atom is -0.497 e. The first-order valence-electron chi connectivity index (χ1n) is 10.7. The topological polar surface area (TPSA) is 92.4 Å². The Balaban J connectivity index is 1.41. The van der Waals surface area contributed by atoms with Crippen molar-refractivity contribution in [1.29, 1.82) is 0 Å². The number of amides is 2. The van der Waals surface area contributed by atoms with Crippen molar-refractivity contribution in [3.05, 3.63) is 71.9 Å². The molecule has 172 valence electrons. The zero-order valence-corrected chi connectivity index (χ0v) is 19.4. The molecule has 33 heavy (non-hydrogen) atoms. The Morgan fingerprint density at radius 2 is 1.94 bits per heavy atom. The highest BCUT2D eigenvalue weighted by molar-refractivity contribution is 6.30. The number of nitrogens with one attached hydrogen (secondary N) is 3. The lowest BCUT2D eigenvalue weighted by Gasteiger charge is -2.17. The Labute approximate surface area is 198 Å². The Morgan fingerprint density at radius 1 is 1.12 bits per heavy atom. The van der Waals surface area contributed by atoms with Crippen molar-refractivity contribution < 1.29 is 14.3 Å². The molecule has 3 N–H and O–H groups in total. The van der Waals surface area contributed by atoms with Gasteiger partial charge in [0.2, 0.25) is 11.8 Å². The Bertz CT molecular complexity index is 1150. The number of halogens is 1. The molecule has 0 radical (unpaired) electrons. The van der Waals surface area contributed by atoms with Crippen molar-refractivity contribution in [2.75, 3.05) is 24.3 Å². The maximum Gasteiger partial charge on any atom is 0.248 e. The van der Waals surface area contributed by atoms with Gasteiger partial charge in [-0.05, 0) is 50.1 Å². The number of hydrogen-bond donors (Lipinski definition) is 3. The summed E-state index contributed by atoms with van der Waals surface area (Å²) in [5.74, 6) is 0.0489. The number of benzene rings is 2. The van der Waals surface area contributed by atoms with Gasteiger partial charge in [-0.25, -0.2) is 0 Å². The highest BCUT2D eigenvalue weighted by Crippen LogP contribution is 2.28. The third-order valence-electron chi connectivity index (χ3n) is 4.91. The number of fused-ring (bicyclic) bond motifs is 1. The molecule has 3 aromatic rings. The molecule has 2 aromatic carbocycles. The summed E-state index contributed by atoms with van der Waals surface area (Å²) in [4.78, 5) is 28.4. The van der Waals surface area contributed by atoms with Crippen LogP contribution >= 0.6 is 11.6 Å². The molecule has 0 aliphatic carbocycles. The minimum atomic E-state index is -0.399. The highest BCUT2D eigenvalue weighted by Gasteiger charge is 2.09. The van der Waals surface area contributed by atoms with Gasteiger partial charge in [-0.15, -0.1) is 0 Å². The van der Waals surface area contributed by atoms with Gasteiger partial charge in [-0.1, -0.05) is 23.7 Å². The molecule has 0 saturated heterocycles. The van der Waals surface area contributed by atoms with Crippen molar-refractivity contribution in [1.82, 2.24) is 10.3 Å². The Kier molecular flexibility index (Phi) is 8.66. The van der Waals surface area contributed by atoms with Gasteiger partial charge in [0.25, 0.3) is 0 Å². The van der Waals surface area contributed by atoms with Crippen LogP contribution in [-0.2, 0) is 9.59 Å². The van der Waals surface area contributed by atoms with E-state index < -0.39 is 5.91 Å². The van der Waals surface area contributed by atoms with E-state index in [1.165, 1.54) is 12.2 Å². The predicted molar refractivity (Wildman–Crippen MR) is 133 cm³/mol. The van der Waals surface area contributed by atoms with Crippen LogP contribution in [0.5, 0.6) is 5.75 Å². The van der Waals surface area contributed by atoms with Crippen LogP contribution in [0.25, 0.3) is 10.9 Å².